The van der Waals surface area contributed by atoms with Gasteiger partial charge in [0.25, 0.3) is 0 Å². The first-order valence-electron chi connectivity index (χ1n) is 6.25. The maximum atomic E-state index is 11.6. The summed E-state index contributed by atoms with van der Waals surface area (Å²) in [5.41, 5.74) is 0.649. The number of hydrogen-bond donors (Lipinski definition) is 1. The average Bonchev–Trinajstić information content (AvgIpc) is 2.34. The van der Waals surface area contributed by atoms with Crippen molar-refractivity contribution >= 4 is 5.97 Å². The van der Waals surface area contributed by atoms with Crippen molar-refractivity contribution in [2.24, 2.45) is 11.3 Å². The Balaban J connectivity index is 2.46. The van der Waals surface area contributed by atoms with Crippen molar-refractivity contribution < 1.29 is 14.6 Å². The Hall–Kier alpha value is -1.35. The highest BCUT2D eigenvalue weighted by atomic mass is 16.5. The van der Waals surface area contributed by atoms with Crippen LogP contribution in [0.15, 0.2) is 30.3 Å². The molecule has 1 atom stereocenters. The van der Waals surface area contributed by atoms with Crippen LogP contribution in [0.3, 0.4) is 0 Å². The molecule has 0 aliphatic heterocycles. The van der Waals surface area contributed by atoms with Crippen molar-refractivity contribution in [2.45, 2.75) is 27.2 Å². The van der Waals surface area contributed by atoms with Gasteiger partial charge in [-0.3, -0.25) is 4.79 Å². The fourth-order valence-electron chi connectivity index (χ4n) is 1.53. The van der Waals surface area contributed by atoms with Gasteiger partial charge < -0.3 is 9.84 Å². The zero-order valence-electron chi connectivity index (χ0n) is 11.3. The minimum Gasteiger partial charge on any atom is -0.465 e. The van der Waals surface area contributed by atoms with Crippen LogP contribution in [0.4, 0.5) is 0 Å². The van der Waals surface area contributed by atoms with E-state index >= 15 is 0 Å². The van der Waals surface area contributed by atoms with E-state index in [2.05, 4.69) is 0 Å². The molecule has 0 heterocycles. The zero-order chi connectivity index (χ0) is 13.6. The number of esters is 1. The summed E-state index contributed by atoms with van der Waals surface area (Å²) in [5.74, 6) is -0.271. The smallest absolute Gasteiger partial charge is 0.311 e. The van der Waals surface area contributed by atoms with Crippen molar-refractivity contribution in [1.29, 1.82) is 0 Å². The molecule has 0 bridgehead atoms. The van der Waals surface area contributed by atoms with Gasteiger partial charge in [-0.2, -0.15) is 0 Å². The molecule has 3 nitrogen and oxygen atoms in total. The van der Waals surface area contributed by atoms with E-state index in [0.29, 0.717) is 0 Å². The van der Waals surface area contributed by atoms with E-state index in [1.807, 2.05) is 51.1 Å². The van der Waals surface area contributed by atoms with Crippen LogP contribution in [0, 0.1) is 11.3 Å². The Labute approximate surface area is 109 Å². The lowest BCUT2D eigenvalue weighted by Gasteiger charge is -2.20. The number of carbonyl (C=O) groups excluding carboxylic acids is 1. The van der Waals surface area contributed by atoms with Crippen molar-refractivity contribution in [3.63, 3.8) is 0 Å². The lowest BCUT2D eigenvalue weighted by molar-refractivity contribution is -0.154. The van der Waals surface area contributed by atoms with Gasteiger partial charge in [-0.05, 0) is 32.8 Å². The SMILES string of the molecule is CC(C)(C)C(=O)OC[C@@H](CO)Cc1ccccc1. The summed E-state index contributed by atoms with van der Waals surface area (Å²) in [6, 6.07) is 9.90. The largest absolute Gasteiger partial charge is 0.465 e. The molecular formula is C15H22O3. The highest BCUT2D eigenvalue weighted by molar-refractivity contribution is 5.75. The molecule has 0 unspecified atom stereocenters. The number of rotatable bonds is 5. The first kappa shape index (κ1) is 14.7. The molecule has 0 saturated carbocycles. The van der Waals surface area contributed by atoms with Gasteiger partial charge in [0.2, 0.25) is 0 Å². The van der Waals surface area contributed by atoms with Gasteiger partial charge in [0.15, 0.2) is 0 Å². The topological polar surface area (TPSA) is 46.5 Å². The summed E-state index contributed by atoms with van der Waals surface area (Å²) in [4.78, 5) is 11.6. The van der Waals surface area contributed by atoms with Gasteiger partial charge in [0.1, 0.15) is 0 Å². The predicted octanol–water partition coefficient (Wildman–Crippen LogP) is 2.43. The van der Waals surface area contributed by atoms with E-state index < -0.39 is 5.41 Å². The van der Waals surface area contributed by atoms with Crippen LogP contribution < -0.4 is 0 Å². The van der Waals surface area contributed by atoms with E-state index in [1.165, 1.54) is 0 Å². The van der Waals surface area contributed by atoms with Gasteiger partial charge in [0, 0.05) is 12.5 Å². The predicted molar refractivity (Wildman–Crippen MR) is 71.1 cm³/mol. The van der Waals surface area contributed by atoms with Crippen molar-refractivity contribution in [1.82, 2.24) is 0 Å². The highest BCUT2D eigenvalue weighted by Crippen LogP contribution is 2.16. The van der Waals surface area contributed by atoms with E-state index in [-0.39, 0.29) is 25.1 Å². The number of aliphatic hydroxyl groups excluding tert-OH is 1. The molecule has 0 aromatic heterocycles. The highest BCUT2D eigenvalue weighted by Gasteiger charge is 2.24. The van der Waals surface area contributed by atoms with Crippen LogP contribution in [-0.2, 0) is 16.0 Å². The number of hydrogen-bond acceptors (Lipinski definition) is 3. The van der Waals surface area contributed by atoms with Crippen LogP contribution in [0.1, 0.15) is 26.3 Å². The third-order valence-electron chi connectivity index (χ3n) is 2.69. The molecule has 0 amide bonds. The zero-order valence-corrected chi connectivity index (χ0v) is 11.3. The standard InChI is InChI=1S/C15H22O3/c1-15(2,3)14(17)18-11-13(10-16)9-12-7-5-4-6-8-12/h4-8,13,16H,9-11H2,1-3H3/t13-/m1/s1. The van der Waals surface area contributed by atoms with E-state index in [4.69, 9.17) is 4.74 Å². The van der Waals surface area contributed by atoms with Crippen LogP contribution in [0.25, 0.3) is 0 Å². The van der Waals surface area contributed by atoms with E-state index in [1.54, 1.807) is 0 Å². The molecule has 18 heavy (non-hydrogen) atoms. The Bertz CT molecular complexity index is 365. The summed E-state index contributed by atoms with van der Waals surface area (Å²) in [7, 11) is 0. The van der Waals surface area contributed by atoms with Gasteiger partial charge in [-0.15, -0.1) is 0 Å². The monoisotopic (exact) mass is 250 g/mol. The number of ether oxygens (including phenoxy) is 1. The molecular weight excluding hydrogens is 228 g/mol. The molecule has 1 aromatic rings. The minimum absolute atomic E-state index is 0.0202. The Morgan fingerprint density at radius 2 is 1.89 bits per heavy atom. The minimum atomic E-state index is -0.493. The molecule has 0 saturated heterocycles. The summed E-state index contributed by atoms with van der Waals surface area (Å²) < 4.78 is 5.23. The summed E-state index contributed by atoms with van der Waals surface area (Å²) in [6.07, 6.45) is 0.717. The number of aliphatic hydroxyl groups is 1. The first-order chi connectivity index (χ1) is 8.43. The second kappa shape index (κ2) is 6.55. The summed E-state index contributed by atoms with van der Waals surface area (Å²) in [6.45, 7) is 5.75. The van der Waals surface area contributed by atoms with Crippen molar-refractivity contribution in [3.8, 4) is 0 Å². The summed E-state index contributed by atoms with van der Waals surface area (Å²) >= 11 is 0. The number of benzene rings is 1. The van der Waals surface area contributed by atoms with Crippen molar-refractivity contribution in [2.75, 3.05) is 13.2 Å². The van der Waals surface area contributed by atoms with E-state index in [0.717, 1.165) is 12.0 Å². The molecule has 0 fully saturated rings. The number of carbonyl (C=O) groups is 1. The van der Waals surface area contributed by atoms with Crippen molar-refractivity contribution in [3.05, 3.63) is 35.9 Å². The van der Waals surface area contributed by atoms with Gasteiger partial charge >= 0.3 is 5.97 Å². The van der Waals surface area contributed by atoms with Crippen LogP contribution in [-0.4, -0.2) is 24.3 Å². The Morgan fingerprint density at radius 1 is 1.28 bits per heavy atom. The van der Waals surface area contributed by atoms with Gasteiger partial charge in [-0.25, -0.2) is 0 Å². The lowest BCUT2D eigenvalue weighted by Crippen LogP contribution is -2.27. The molecule has 1 aromatic carbocycles. The fourth-order valence-corrected chi connectivity index (χ4v) is 1.53. The lowest BCUT2D eigenvalue weighted by atomic mass is 9.97. The van der Waals surface area contributed by atoms with Crippen LogP contribution in [0.2, 0.25) is 0 Å². The summed E-state index contributed by atoms with van der Waals surface area (Å²) in [5, 5.41) is 9.31. The quantitative estimate of drug-likeness (QED) is 0.816. The van der Waals surface area contributed by atoms with Crippen LogP contribution >= 0.6 is 0 Å². The van der Waals surface area contributed by atoms with Gasteiger partial charge in [0.05, 0.1) is 12.0 Å². The first-order valence-corrected chi connectivity index (χ1v) is 6.25. The maximum absolute atomic E-state index is 11.6. The average molecular weight is 250 g/mol. The second-order valence-corrected chi connectivity index (χ2v) is 5.59. The van der Waals surface area contributed by atoms with E-state index in [9.17, 15) is 9.90 Å². The normalized spacial score (nSPS) is 13.1. The molecule has 3 heteroatoms. The van der Waals surface area contributed by atoms with Crippen LogP contribution in [0.5, 0.6) is 0 Å². The fraction of sp³-hybridized carbons (Fsp3) is 0.533. The molecule has 0 radical (unpaired) electrons. The third-order valence-corrected chi connectivity index (χ3v) is 2.69. The molecule has 0 aliphatic rings. The molecule has 1 N–H and O–H groups in total. The maximum Gasteiger partial charge on any atom is 0.311 e. The molecule has 1 rings (SSSR count). The Kier molecular flexibility index (Phi) is 5.35. The van der Waals surface area contributed by atoms with Gasteiger partial charge in [-0.1, -0.05) is 30.3 Å². The molecule has 0 aliphatic carbocycles. The second-order valence-electron chi connectivity index (χ2n) is 5.59. The molecule has 100 valence electrons. The Morgan fingerprint density at radius 3 is 2.39 bits per heavy atom. The third kappa shape index (κ3) is 4.88. The molecule has 0 spiro atoms.